The van der Waals surface area contributed by atoms with Gasteiger partial charge in [0.1, 0.15) is 0 Å². The molecule has 0 aromatic carbocycles. The summed E-state index contributed by atoms with van der Waals surface area (Å²) in [6.07, 6.45) is 3.93. The average molecular weight is 205 g/mol. The predicted octanol–water partition coefficient (Wildman–Crippen LogP) is 0.0559. The number of aromatic nitrogens is 1. The Labute approximate surface area is 89.3 Å². The van der Waals surface area contributed by atoms with Crippen LogP contribution in [0.25, 0.3) is 0 Å². The van der Waals surface area contributed by atoms with E-state index in [0.29, 0.717) is 6.42 Å². The Kier molecular flexibility index (Phi) is 3.29. The van der Waals surface area contributed by atoms with Crippen LogP contribution in [0.3, 0.4) is 0 Å². The van der Waals surface area contributed by atoms with Crippen LogP contribution in [0.2, 0.25) is 0 Å². The van der Waals surface area contributed by atoms with E-state index in [1.54, 1.807) is 12.4 Å². The van der Waals surface area contributed by atoms with Crippen molar-refractivity contribution >= 4 is 5.91 Å². The molecule has 80 valence electrons. The molecule has 2 heterocycles. The highest BCUT2D eigenvalue weighted by atomic mass is 16.2. The van der Waals surface area contributed by atoms with Gasteiger partial charge >= 0.3 is 0 Å². The summed E-state index contributed by atoms with van der Waals surface area (Å²) in [5.41, 5.74) is 1.04. The summed E-state index contributed by atoms with van der Waals surface area (Å²) in [5.74, 6) is 0.211. The van der Waals surface area contributed by atoms with Crippen LogP contribution in [0.1, 0.15) is 5.56 Å². The zero-order valence-electron chi connectivity index (χ0n) is 8.65. The number of carbonyl (C=O) groups is 1. The smallest absolute Gasteiger partial charge is 0.227 e. The highest BCUT2D eigenvalue weighted by Gasteiger charge is 2.15. The molecule has 0 aliphatic carbocycles. The molecule has 2 rings (SSSR count). The number of carbonyl (C=O) groups excluding carboxylic acids is 1. The van der Waals surface area contributed by atoms with Crippen LogP contribution in [0.5, 0.6) is 0 Å². The van der Waals surface area contributed by atoms with Crippen molar-refractivity contribution in [2.24, 2.45) is 0 Å². The Morgan fingerprint density at radius 1 is 1.33 bits per heavy atom. The Hall–Kier alpha value is -1.42. The Bertz CT molecular complexity index is 320. The highest BCUT2D eigenvalue weighted by Crippen LogP contribution is 2.02. The number of hydrogen-bond donors (Lipinski definition) is 1. The first-order chi connectivity index (χ1) is 7.36. The van der Waals surface area contributed by atoms with Gasteiger partial charge in [-0.15, -0.1) is 0 Å². The molecule has 1 aliphatic rings. The van der Waals surface area contributed by atoms with Crippen LogP contribution < -0.4 is 5.32 Å². The second kappa shape index (κ2) is 4.89. The van der Waals surface area contributed by atoms with E-state index in [1.807, 2.05) is 17.0 Å². The zero-order valence-corrected chi connectivity index (χ0v) is 8.65. The fourth-order valence-electron chi connectivity index (χ4n) is 1.70. The number of piperazine rings is 1. The van der Waals surface area contributed by atoms with Crippen molar-refractivity contribution in [2.45, 2.75) is 6.42 Å². The first-order valence-corrected chi connectivity index (χ1v) is 5.23. The number of hydrogen-bond acceptors (Lipinski definition) is 3. The van der Waals surface area contributed by atoms with Gasteiger partial charge in [0.25, 0.3) is 0 Å². The number of pyridine rings is 1. The molecular weight excluding hydrogens is 190 g/mol. The molecule has 1 N–H and O–H groups in total. The lowest BCUT2D eigenvalue weighted by molar-refractivity contribution is -0.131. The van der Waals surface area contributed by atoms with Gasteiger partial charge in [-0.2, -0.15) is 0 Å². The molecule has 0 spiro atoms. The summed E-state index contributed by atoms with van der Waals surface area (Å²) >= 11 is 0. The minimum Gasteiger partial charge on any atom is -0.340 e. The highest BCUT2D eigenvalue weighted by molar-refractivity contribution is 5.78. The summed E-state index contributed by atoms with van der Waals surface area (Å²) in [6.45, 7) is 3.46. The van der Waals surface area contributed by atoms with E-state index in [9.17, 15) is 4.79 Å². The third kappa shape index (κ3) is 2.76. The molecule has 0 atom stereocenters. The van der Waals surface area contributed by atoms with Crippen molar-refractivity contribution in [3.8, 4) is 0 Å². The van der Waals surface area contributed by atoms with E-state index in [0.717, 1.165) is 31.7 Å². The third-order valence-corrected chi connectivity index (χ3v) is 2.57. The third-order valence-electron chi connectivity index (χ3n) is 2.57. The summed E-state index contributed by atoms with van der Waals surface area (Å²) in [4.78, 5) is 17.7. The van der Waals surface area contributed by atoms with Gasteiger partial charge in [0, 0.05) is 38.6 Å². The number of rotatable bonds is 2. The normalized spacial score (nSPS) is 16.4. The maximum atomic E-state index is 11.8. The fraction of sp³-hybridized carbons (Fsp3) is 0.455. The van der Waals surface area contributed by atoms with E-state index in [2.05, 4.69) is 10.3 Å². The quantitative estimate of drug-likeness (QED) is 0.742. The molecule has 4 heteroatoms. The topological polar surface area (TPSA) is 45.2 Å². The van der Waals surface area contributed by atoms with E-state index in [1.165, 1.54) is 0 Å². The number of amides is 1. The minimum atomic E-state index is 0.211. The molecule has 1 saturated heterocycles. The molecule has 0 saturated carbocycles. The second-order valence-electron chi connectivity index (χ2n) is 3.66. The van der Waals surface area contributed by atoms with Crippen molar-refractivity contribution < 1.29 is 4.79 Å². The molecule has 4 nitrogen and oxygen atoms in total. The molecule has 1 aromatic rings. The lowest BCUT2D eigenvalue weighted by Gasteiger charge is -2.27. The van der Waals surface area contributed by atoms with Crippen LogP contribution in [-0.2, 0) is 11.2 Å². The summed E-state index contributed by atoms with van der Waals surface area (Å²) < 4.78 is 0. The van der Waals surface area contributed by atoms with Gasteiger partial charge < -0.3 is 10.2 Å². The number of nitrogens with one attached hydrogen (secondary N) is 1. The molecule has 15 heavy (non-hydrogen) atoms. The summed E-state index contributed by atoms with van der Waals surface area (Å²) in [7, 11) is 0. The zero-order chi connectivity index (χ0) is 10.5. The Balaban J connectivity index is 1.91. The fourth-order valence-corrected chi connectivity index (χ4v) is 1.70. The number of nitrogens with zero attached hydrogens (tertiary/aromatic N) is 2. The first-order valence-electron chi connectivity index (χ1n) is 5.23. The minimum absolute atomic E-state index is 0.211. The van der Waals surface area contributed by atoms with Crippen LogP contribution in [0.4, 0.5) is 0 Å². The predicted molar refractivity (Wildman–Crippen MR) is 57.4 cm³/mol. The lowest BCUT2D eigenvalue weighted by Crippen LogP contribution is -2.46. The van der Waals surface area contributed by atoms with Crippen LogP contribution in [0, 0.1) is 0 Å². The van der Waals surface area contributed by atoms with Crippen molar-refractivity contribution in [1.82, 2.24) is 15.2 Å². The van der Waals surface area contributed by atoms with Gasteiger partial charge in [0.15, 0.2) is 0 Å². The van der Waals surface area contributed by atoms with Crippen molar-refractivity contribution in [2.75, 3.05) is 26.2 Å². The summed E-state index contributed by atoms with van der Waals surface area (Å²) in [6, 6.07) is 3.78. The average Bonchev–Trinajstić information content (AvgIpc) is 2.31. The van der Waals surface area contributed by atoms with Crippen molar-refractivity contribution in [3.05, 3.63) is 30.1 Å². The van der Waals surface area contributed by atoms with Crippen LogP contribution >= 0.6 is 0 Å². The van der Waals surface area contributed by atoms with Gasteiger partial charge in [-0.05, 0) is 17.7 Å². The maximum Gasteiger partial charge on any atom is 0.227 e. The SMILES string of the molecule is O=C(Cc1ccncc1)N1CCNCC1. The molecule has 1 aliphatic heterocycles. The van der Waals surface area contributed by atoms with Gasteiger partial charge in [0.05, 0.1) is 6.42 Å². The lowest BCUT2D eigenvalue weighted by atomic mass is 10.2. The molecule has 0 radical (unpaired) electrons. The second-order valence-corrected chi connectivity index (χ2v) is 3.66. The Morgan fingerprint density at radius 2 is 2.00 bits per heavy atom. The molecule has 0 bridgehead atoms. The summed E-state index contributed by atoms with van der Waals surface area (Å²) in [5, 5.41) is 3.23. The van der Waals surface area contributed by atoms with Gasteiger partial charge in [0.2, 0.25) is 5.91 Å². The molecule has 1 fully saturated rings. The monoisotopic (exact) mass is 205 g/mol. The molecule has 1 aromatic heterocycles. The Morgan fingerprint density at radius 3 is 2.67 bits per heavy atom. The largest absolute Gasteiger partial charge is 0.340 e. The van der Waals surface area contributed by atoms with Gasteiger partial charge in [-0.25, -0.2) is 0 Å². The van der Waals surface area contributed by atoms with E-state index in [-0.39, 0.29) is 5.91 Å². The standard InChI is InChI=1S/C11H15N3O/c15-11(14-7-5-13-6-8-14)9-10-1-3-12-4-2-10/h1-4,13H,5-9H2. The van der Waals surface area contributed by atoms with Gasteiger partial charge in [-0.3, -0.25) is 9.78 Å². The molecular formula is C11H15N3O. The molecule has 1 amide bonds. The van der Waals surface area contributed by atoms with Crippen molar-refractivity contribution in [3.63, 3.8) is 0 Å². The van der Waals surface area contributed by atoms with E-state index >= 15 is 0 Å². The van der Waals surface area contributed by atoms with E-state index < -0.39 is 0 Å². The van der Waals surface area contributed by atoms with Crippen LogP contribution in [-0.4, -0.2) is 42.0 Å². The first kappa shape index (κ1) is 10.1. The van der Waals surface area contributed by atoms with Crippen molar-refractivity contribution in [1.29, 1.82) is 0 Å². The van der Waals surface area contributed by atoms with Gasteiger partial charge in [-0.1, -0.05) is 0 Å². The molecule has 0 unspecified atom stereocenters. The van der Waals surface area contributed by atoms with Crippen LogP contribution in [0.15, 0.2) is 24.5 Å². The maximum absolute atomic E-state index is 11.8. The van der Waals surface area contributed by atoms with E-state index in [4.69, 9.17) is 0 Å².